The summed E-state index contributed by atoms with van der Waals surface area (Å²) in [7, 11) is 0. The molecule has 84 valence electrons. The van der Waals surface area contributed by atoms with E-state index in [4.69, 9.17) is 5.21 Å². The molecule has 0 aliphatic carbocycles. The van der Waals surface area contributed by atoms with Crippen molar-refractivity contribution in [3.63, 3.8) is 0 Å². The number of amides is 2. The molecule has 0 unspecified atom stereocenters. The number of rotatable bonds is 5. The van der Waals surface area contributed by atoms with Crippen LogP contribution in [0.1, 0.15) is 11.1 Å². The van der Waals surface area contributed by atoms with E-state index < -0.39 is 5.91 Å². The van der Waals surface area contributed by atoms with E-state index in [-0.39, 0.29) is 0 Å². The van der Waals surface area contributed by atoms with Crippen LogP contribution in [-0.4, -0.2) is 17.5 Å². The van der Waals surface area contributed by atoms with Gasteiger partial charge in [-0.1, -0.05) is 24.3 Å². The molecule has 16 heavy (non-hydrogen) atoms. The molecule has 0 fully saturated rings. The number of hydrogen-bond donors (Lipinski definition) is 3. The molecule has 5 heteroatoms. The van der Waals surface area contributed by atoms with E-state index in [0.29, 0.717) is 13.0 Å². The maximum Gasteiger partial charge on any atom is 0.267 e. The highest BCUT2D eigenvalue weighted by molar-refractivity contribution is 5.90. The standard InChI is InChI=1S/C11H12N2O3/c14-8-12-7-10-3-1-9(2-4-10)5-6-11(15)13-16/h1-6,8,16H,7H2,(H,12,14)(H,13,15)/b6-5+. The van der Waals surface area contributed by atoms with Gasteiger partial charge in [-0.15, -0.1) is 0 Å². The lowest BCUT2D eigenvalue weighted by Gasteiger charge is -2.00. The second-order valence-corrected chi connectivity index (χ2v) is 3.05. The highest BCUT2D eigenvalue weighted by atomic mass is 16.5. The Hall–Kier alpha value is -2.14. The Bertz CT molecular complexity index is 385. The molecule has 5 nitrogen and oxygen atoms in total. The van der Waals surface area contributed by atoms with Crippen LogP contribution < -0.4 is 10.8 Å². The van der Waals surface area contributed by atoms with Crippen molar-refractivity contribution in [2.75, 3.05) is 0 Å². The predicted octanol–water partition coefficient (Wildman–Crippen LogP) is 0.451. The van der Waals surface area contributed by atoms with Gasteiger partial charge in [0.25, 0.3) is 5.91 Å². The topological polar surface area (TPSA) is 78.4 Å². The minimum Gasteiger partial charge on any atom is -0.355 e. The fourth-order valence-electron chi connectivity index (χ4n) is 1.12. The number of carbonyl (C=O) groups is 2. The van der Waals surface area contributed by atoms with Crippen molar-refractivity contribution in [1.29, 1.82) is 0 Å². The zero-order valence-corrected chi connectivity index (χ0v) is 8.51. The minimum absolute atomic E-state index is 0.477. The second-order valence-electron chi connectivity index (χ2n) is 3.05. The number of benzene rings is 1. The van der Waals surface area contributed by atoms with Gasteiger partial charge in [-0.05, 0) is 17.2 Å². The lowest BCUT2D eigenvalue weighted by Crippen LogP contribution is -2.14. The summed E-state index contributed by atoms with van der Waals surface area (Å²) >= 11 is 0. The Kier molecular flexibility index (Phi) is 4.75. The SMILES string of the molecule is O=CNCc1ccc(/C=C/C(=O)NO)cc1. The highest BCUT2D eigenvalue weighted by Crippen LogP contribution is 2.05. The summed E-state index contributed by atoms with van der Waals surface area (Å²) in [5.41, 5.74) is 3.30. The van der Waals surface area contributed by atoms with Gasteiger partial charge in [0.15, 0.2) is 0 Å². The highest BCUT2D eigenvalue weighted by Gasteiger charge is 1.93. The predicted molar refractivity (Wildman–Crippen MR) is 58.3 cm³/mol. The number of hydroxylamine groups is 1. The van der Waals surface area contributed by atoms with Gasteiger partial charge >= 0.3 is 0 Å². The van der Waals surface area contributed by atoms with Gasteiger partial charge in [-0.2, -0.15) is 0 Å². The third kappa shape index (κ3) is 3.93. The summed E-state index contributed by atoms with van der Waals surface area (Å²) in [6.45, 7) is 0.477. The third-order valence-electron chi connectivity index (χ3n) is 1.91. The van der Waals surface area contributed by atoms with Gasteiger partial charge in [-0.3, -0.25) is 14.8 Å². The van der Waals surface area contributed by atoms with Crippen molar-refractivity contribution in [2.24, 2.45) is 0 Å². The van der Waals surface area contributed by atoms with E-state index in [1.165, 1.54) is 11.6 Å². The zero-order chi connectivity index (χ0) is 11.8. The second kappa shape index (κ2) is 6.36. The van der Waals surface area contributed by atoms with Gasteiger partial charge in [-0.25, -0.2) is 5.48 Å². The van der Waals surface area contributed by atoms with Crippen LogP contribution >= 0.6 is 0 Å². The summed E-state index contributed by atoms with van der Waals surface area (Å²) in [6.07, 6.45) is 3.43. The molecule has 0 saturated carbocycles. The molecule has 0 spiro atoms. The molecule has 1 aromatic carbocycles. The van der Waals surface area contributed by atoms with Crippen LogP contribution in [0.5, 0.6) is 0 Å². The van der Waals surface area contributed by atoms with Crippen molar-refractivity contribution >= 4 is 18.4 Å². The molecule has 0 saturated heterocycles. The van der Waals surface area contributed by atoms with E-state index >= 15 is 0 Å². The van der Waals surface area contributed by atoms with E-state index in [1.807, 2.05) is 24.3 Å². The fourth-order valence-corrected chi connectivity index (χ4v) is 1.12. The summed E-state index contributed by atoms with van der Waals surface area (Å²) < 4.78 is 0. The van der Waals surface area contributed by atoms with Crippen LogP contribution in [0, 0.1) is 0 Å². The lowest BCUT2D eigenvalue weighted by molar-refractivity contribution is -0.124. The van der Waals surface area contributed by atoms with Crippen LogP contribution in [0.4, 0.5) is 0 Å². The maximum absolute atomic E-state index is 10.7. The van der Waals surface area contributed by atoms with Crippen molar-refractivity contribution in [1.82, 2.24) is 10.8 Å². The summed E-state index contributed by atoms with van der Waals surface area (Å²) in [6, 6.07) is 7.30. The zero-order valence-electron chi connectivity index (χ0n) is 8.51. The van der Waals surface area contributed by atoms with Gasteiger partial charge < -0.3 is 5.32 Å². The van der Waals surface area contributed by atoms with Gasteiger partial charge in [0.05, 0.1) is 0 Å². The largest absolute Gasteiger partial charge is 0.355 e. The minimum atomic E-state index is -0.577. The average Bonchev–Trinajstić information content (AvgIpc) is 2.34. The average molecular weight is 220 g/mol. The molecule has 0 aromatic heterocycles. The van der Waals surface area contributed by atoms with Gasteiger partial charge in [0.2, 0.25) is 6.41 Å². The molecular weight excluding hydrogens is 208 g/mol. The third-order valence-corrected chi connectivity index (χ3v) is 1.91. The number of hydrogen-bond acceptors (Lipinski definition) is 3. The summed E-state index contributed by atoms with van der Waals surface area (Å²) in [5.74, 6) is -0.577. The van der Waals surface area contributed by atoms with Gasteiger partial charge in [0, 0.05) is 12.6 Å². The van der Waals surface area contributed by atoms with Crippen LogP contribution in [0.2, 0.25) is 0 Å². The fraction of sp³-hybridized carbons (Fsp3) is 0.0909. The Balaban J connectivity index is 2.60. The first-order valence-electron chi connectivity index (χ1n) is 4.64. The van der Waals surface area contributed by atoms with Crippen LogP contribution in [0.15, 0.2) is 30.3 Å². The molecule has 0 radical (unpaired) electrons. The van der Waals surface area contributed by atoms with Crippen molar-refractivity contribution in [3.05, 3.63) is 41.5 Å². The Morgan fingerprint density at radius 3 is 2.56 bits per heavy atom. The molecule has 1 rings (SSSR count). The monoisotopic (exact) mass is 220 g/mol. The normalized spacial score (nSPS) is 10.1. The number of nitrogens with one attached hydrogen (secondary N) is 2. The van der Waals surface area contributed by atoms with E-state index in [2.05, 4.69) is 5.32 Å². The first-order chi connectivity index (χ1) is 7.76. The van der Waals surface area contributed by atoms with Crippen LogP contribution in [0.25, 0.3) is 6.08 Å². The smallest absolute Gasteiger partial charge is 0.267 e. The molecular formula is C11H12N2O3. The molecule has 0 aliphatic rings. The number of carbonyl (C=O) groups excluding carboxylic acids is 2. The van der Waals surface area contributed by atoms with Crippen molar-refractivity contribution < 1.29 is 14.8 Å². The molecule has 0 atom stereocenters. The Morgan fingerprint density at radius 1 is 1.31 bits per heavy atom. The lowest BCUT2D eigenvalue weighted by atomic mass is 10.1. The first kappa shape index (κ1) is 11.9. The molecule has 0 bridgehead atoms. The molecule has 2 amide bonds. The molecule has 3 N–H and O–H groups in total. The Morgan fingerprint density at radius 2 is 2.00 bits per heavy atom. The van der Waals surface area contributed by atoms with Crippen LogP contribution in [-0.2, 0) is 16.1 Å². The van der Waals surface area contributed by atoms with Crippen LogP contribution in [0.3, 0.4) is 0 Å². The van der Waals surface area contributed by atoms with E-state index in [0.717, 1.165) is 11.1 Å². The molecule has 1 aromatic rings. The van der Waals surface area contributed by atoms with Crippen molar-refractivity contribution in [2.45, 2.75) is 6.54 Å². The van der Waals surface area contributed by atoms with Crippen molar-refractivity contribution in [3.8, 4) is 0 Å². The molecule has 0 heterocycles. The van der Waals surface area contributed by atoms with E-state index in [9.17, 15) is 9.59 Å². The summed E-state index contributed by atoms with van der Waals surface area (Å²) in [4.78, 5) is 20.8. The first-order valence-corrected chi connectivity index (χ1v) is 4.64. The Labute approximate surface area is 92.7 Å². The molecule has 0 aliphatic heterocycles. The quantitative estimate of drug-likeness (QED) is 0.292. The van der Waals surface area contributed by atoms with E-state index in [1.54, 1.807) is 6.08 Å². The van der Waals surface area contributed by atoms with Gasteiger partial charge in [0.1, 0.15) is 0 Å². The maximum atomic E-state index is 10.7. The summed E-state index contributed by atoms with van der Waals surface area (Å²) in [5, 5.41) is 10.8.